The van der Waals surface area contributed by atoms with Crippen molar-refractivity contribution in [2.45, 2.75) is 39.2 Å². The summed E-state index contributed by atoms with van der Waals surface area (Å²) in [5, 5.41) is 12.5. The molecule has 4 heteroatoms. The van der Waals surface area contributed by atoms with E-state index in [0.717, 1.165) is 19.0 Å². The van der Waals surface area contributed by atoms with Crippen molar-refractivity contribution in [3.63, 3.8) is 0 Å². The molecule has 1 rings (SSSR count). The van der Waals surface area contributed by atoms with Gasteiger partial charge in [-0.2, -0.15) is 0 Å². The highest BCUT2D eigenvalue weighted by atomic mass is 16.3. The van der Waals surface area contributed by atoms with Crippen LogP contribution in [0.15, 0.2) is 0 Å². The summed E-state index contributed by atoms with van der Waals surface area (Å²) in [5.41, 5.74) is 0. The predicted molar refractivity (Wildman–Crippen MR) is 64.1 cm³/mol. The van der Waals surface area contributed by atoms with Gasteiger partial charge in [0, 0.05) is 19.5 Å². The number of hydrogen-bond acceptors (Lipinski definition) is 3. The number of β-amino-alcohol motifs (C(OH)–C–C–N with tert-alkyl or cyclic N) is 1. The van der Waals surface area contributed by atoms with E-state index in [1.807, 2.05) is 6.92 Å². The number of amides is 1. The third-order valence-electron chi connectivity index (χ3n) is 3.20. The van der Waals surface area contributed by atoms with Crippen molar-refractivity contribution in [3.05, 3.63) is 0 Å². The van der Waals surface area contributed by atoms with Crippen molar-refractivity contribution in [2.24, 2.45) is 5.92 Å². The minimum atomic E-state index is -0.441. The van der Waals surface area contributed by atoms with E-state index in [4.69, 9.17) is 0 Å². The summed E-state index contributed by atoms with van der Waals surface area (Å²) < 4.78 is 0. The number of carbonyl (C=O) groups is 1. The molecule has 2 N–H and O–H groups in total. The van der Waals surface area contributed by atoms with E-state index in [2.05, 4.69) is 17.1 Å². The van der Waals surface area contributed by atoms with E-state index in [-0.39, 0.29) is 5.91 Å². The highest BCUT2D eigenvalue weighted by Gasteiger charge is 2.18. The summed E-state index contributed by atoms with van der Waals surface area (Å²) in [4.78, 5) is 13.3. The molecule has 1 aliphatic heterocycles. The number of aliphatic hydroxyl groups is 1. The minimum Gasteiger partial charge on any atom is -0.390 e. The second-order valence-electron chi connectivity index (χ2n) is 4.79. The number of carbonyl (C=O) groups excluding carboxylic acids is 1. The fraction of sp³-hybridized carbons (Fsp3) is 0.917. The van der Waals surface area contributed by atoms with Crippen LogP contribution in [0.3, 0.4) is 0 Å². The predicted octanol–water partition coefficient (Wildman–Crippen LogP) is 0.605. The van der Waals surface area contributed by atoms with Crippen LogP contribution in [0.5, 0.6) is 0 Å². The number of hydrogen-bond donors (Lipinski definition) is 2. The quantitative estimate of drug-likeness (QED) is 0.725. The Bertz CT molecular complexity index is 213. The Balaban J connectivity index is 2.13. The Kier molecular flexibility index (Phi) is 5.77. The van der Waals surface area contributed by atoms with E-state index >= 15 is 0 Å². The SMILES string of the molecule is CCC(=O)NCC(O)CN1CCC(C)CC1. The monoisotopic (exact) mass is 228 g/mol. The fourth-order valence-corrected chi connectivity index (χ4v) is 1.96. The molecule has 0 aromatic rings. The van der Waals surface area contributed by atoms with E-state index < -0.39 is 6.10 Å². The Morgan fingerprint density at radius 2 is 2.12 bits per heavy atom. The molecule has 1 atom stereocenters. The van der Waals surface area contributed by atoms with E-state index in [0.29, 0.717) is 19.5 Å². The second-order valence-corrected chi connectivity index (χ2v) is 4.79. The normalized spacial score (nSPS) is 20.7. The molecule has 1 aliphatic rings. The van der Waals surface area contributed by atoms with Crippen molar-refractivity contribution in [3.8, 4) is 0 Å². The summed E-state index contributed by atoms with van der Waals surface area (Å²) in [6.07, 6.45) is 2.47. The van der Waals surface area contributed by atoms with Gasteiger partial charge in [-0.25, -0.2) is 0 Å². The Hall–Kier alpha value is -0.610. The summed E-state index contributed by atoms with van der Waals surface area (Å²) >= 11 is 0. The molecular formula is C12H24N2O2. The van der Waals surface area contributed by atoms with E-state index in [1.165, 1.54) is 12.8 Å². The lowest BCUT2D eigenvalue weighted by atomic mass is 9.99. The lowest BCUT2D eigenvalue weighted by molar-refractivity contribution is -0.121. The molecule has 1 heterocycles. The van der Waals surface area contributed by atoms with Crippen LogP contribution in [0, 0.1) is 5.92 Å². The van der Waals surface area contributed by atoms with E-state index in [9.17, 15) is 9.90 Å². The smallest absolute Gasteiger partial charge is 0.219 e. The maximum Gasteiger partial charge on any atom is 0.219 e. The Labute approximate surface area is 98.0 Å². The van der Waals surface area contributed by atoms with Gasteiger partial charge in [0.1, 0.15) is 0 Å². The second kappa shape index (κ2) is 6.86. The first-order valence-corrected chi connectivity index (χ1v) is 6.29. The molecule has 4 nitrogen and oxygen atoms in total. The maximum atomic E-state index is 11.0. The molecule has 0 aromatic heterocycles. The zero-order chi connectivity index (χ0) is 12.0. The van der Waals surface area contributed by atoms with Crippen molar-refractivity contribution in [2.75, 3.05) is 26.2 Å². The van der Waals surface area contributed by atoms with Crippen molar-refractivity contribution >= 4 is 5.91 Å². The number of likely N-dealkylation sites (tertiary alicyclic amines) is 1. The summed E-state index contributed by atoms with van der Waals surface area (Å²) in [6, 6.07) is 0. The highest BCUT2D eigenvalue weighted by molar-refractivity contribution is 5.75. The molecule has 94 valence electrons. The van der Waals surface area contributed by atoms with Crippen molar-refractivity contribution < 1.29 is 9.90 Å². The van der Waals surface area contributed by atoms with Gasteiger partial charge >= 0.3 is 0 Å². The molecule has 0 aromatic carbocycles. The minimum absolute atomic E-state index is 0.00585. The van der Waals surface area contributed by atoms with Gasteiger partial charge in [0.25, 0.3) is 0 Å². The number of nitrogens with zero attached hydrogens (tertiary/aromatic N) is 1. The van der Waals surface area contributed by atoms with Gasteiger partial charge in [0.2, 0.25) is 5.91 Å². The van der Waals surface area contributed by atoms with Crippen LogP contribution >= 0.6 is 0 Å². The average molecular weight is 228 g/mol. The molecule has 16 heavy (non-hydrogen) atoms. The Morgan fingerprint density at radius 3 is 2.69 bits per heavy atom. The number of piperidine rings is 1. The molecule has 0 aliphatic carbocycles. The first kappa shape index (κ1) is 13.5. The van der Waals surface area contributed by atoms with Gasteiger partial charge in [-0.15, -0.1) is 0 Å². The van der Waals surface area contributed by atoms with Crippen LogP contribution in [0.2, 0.25) is 0 Å². The van der Waals surface area contributed by atoms with Crippen molar-refractivity contribution in [1.29, 1.82) is 0 Å². The highest BCUT2D eigenvalue weighted by Crippen LogP contribution is 2.15. The summed E-state index contributed by atoms with van der Waals surface area (Å²) in [6.45, 7) is 7.28. The molecule has 1 amide bonds. The van der Waals surface area contributed by atoms with Gasteiger partial charge in [0.15, 0.2) is 0 Å². The first-order valence-electron chi connectivity index (χ1n) is 6.29. The zero-order valence-corrected chi connectivity index (χ0v) is 10.4. The average Bonchev–Trinajstić information content (AvgIpc) is 2.29. The van der Waals surface area contributed by atoms with E-state index in [1.54, 1.807) is 0 Å². The molecule has 0 bridgehead atoms. The van der Waals surface area contributed by atoms with Gasteiger partial charge in [0.05, 0.1) is 6.10 Å². The van der Waals surface area contributed by atoms with Crippen LogP contribution in [-0.4, -0.2) is 48.2 Å². The molecule has 0 spiro atoms. The maximum absolute atomic E-state index is 11.0. The number of rotatable bonds is 5. The van der Waals surface area contributed by atoms with Gasteiger partial charge in [-0.1, -0.05) is 13.8 Å². The molecular weight excluding hydrogens is 204 g/mol. The topological polar surface area (TPSA) is 52.6 Å². The molecule has 0 radical (unpaired) electrons. The molecule has 1 saturated heterocycles. The van der Waals surface area contributed by atoms with Gasteiger partial charge in [-0.05, 0) is 31.8 Å². The summed E-state index contributed by atoms with van der Waals surface area (Å²) in [7, 11) is 0. The van der Waals surface area contributed by atoms with Gasteiger partial charge < -0.3 is 15.3 Å². The van der Waals surface area contributed by atoms with Crippen LogP contribution in [0.4, 0.5) is 0 Å². The van der Waals surface area contributed by atoms with Crippen LogP contribution in [0.1, 0.15) is 33.1 Å². The number of aliphatic hydroxyl groups excluding tert-OH is 1. The van der Waals surface area contributed by atoms with Crippen LogP contribution in [-0.2, 0) is 4.79 Å². The summed E-state index contributed by atoms with van der Waals surface area (Å²) in [5.74, 6) is 0.819. The third-order valence-corrected chi connectivity index (χ3v) is 3.20. The lowest BCUT2D eigenvalue weighted by Crippen LogP contribution is -2.42. The standard InChI is InChI=1S/C12H24N2O2/c1-3-12(16)13-8-11(15)9-14-6-4-10(2)5-7-14/h10-11,15H,3-9H2,1-2H3,(H,13,16). The molecule has 1 unspecified atom stereocenters. The third kappa shape index (κ3) is 4.94. The first-order chi connectivity index (χ1) is 7.61. The number of nitrogens with one attached hydrogen (secondary N) is 1. The zero-order valence-electron chi connectivity index (χ0n) is 10.4. The largest absolute Gasteiger partial charge is 0.390 e. The Morgan fingerprint density at radius 1 is 1.50 bits per heavy atom. The molecule has 1 fully saturated rings. The fourth-order valence-electron chi connectivity index (χ4n) is 1.96. The lowest BCUT2D eigenvalue weighted by Gasteiger charge is -2.31. The molecule has 0 saturated carbocycles. The van der Waals surface area contributed by atoms with Gasteiger partial charge in [-0.3, -0.25) is 4.79 Å². The van der Waals surface area contributed by atoms with Crippen LogP contribution < -0.4 is 5.32 Å². The van der Waals surface area contributed by atoms with Crippen molar-refractivity contribution in [1.82, 2.24) is 10.2 Å². The van der Waals surface area contributed by atoms with Crippen LogP contribution in [0.25, 0.3) is 0 Å².